The maximum Gasteiger partial charge on any atom is 0.410 e. The number of carbonyl (C=O) groups excluding carboxylic acids is 1. The molecule has 216 valence electrons. The summed E-state index contributed by atoms with van der Waals surface area (Å²) in [6, 6.07) is 1.44. The van der Waals surface area contributed by atoms with Crippen LogP contribution in [0.3, 0.4) is 0 Å². The highest BCUT2D eigenvalue weighted by Crippen LogP contribution is 2.45. The van der Waals surface area contributed by atoms with Gasteiger partial charge in [0, 0.05) is 30.7 Å². The predicted octanol–water partition coefficient (Wildman–Crippen LogP) is 3.05. The number of imidazole rings is 1. The number of nitrogens with one attached hydrogen (secondary N) is 2. The van der Waals surface area contributed by atoms with E-state index in [-0.39, 0.29) is 29.6 Å². The molecule has 3 aliphatic heterocycles. The first-order valence-electron chi connectivity index (χ1n) is 13.4. The van der Waals surface area contributed by atoms with E-state index >= 15 is 0 Å². The third-order valence-corrected chi connectivity index (χ3v) is 11.0. The van der Waals surface area contributed by atoms with Crippen LogP contribution in [0, 0.1) is 0 Å². The van der Waals surface area contributed by atoms with Crippen molar-refractivity contribution >= 4 is 44.3 Å². The van der Waals surface area contributed by atoms with E-state index in [1.807, 2.05) is 20.8 Å². The molecule has 2 aliphatic carbocycles. The van der Waals surface area contributed by atoms with Crippen LogP contribution in [-0.4, -0.2) is 82.5 Å². The Balaban J connectivity index is 1.40. The lowest BCUT2D eigenvalue weighted by atomic mass is 9.96. The summed E-state index contributed by atoms with van der Waals surface area (Å²) >= 11 is 0.927. The first-order chi connectivity index (χ1) is 18.9. The molecule has 0 radical (unpaired) electrons. The van der Waals surface area contributed by atoms with Gasteiger partial charge in [-0.3, -0.25) is 14.7 Å². The summed E-state index contributed by atoms with van der Waals surface area (Å²) in [7, 11) is -3.92. The second-order valence-electron chi connectivity index (χ2n) is 12.3. The van der Waals surface area contributed by atoms with Gasteiger partial charge >= 0.3 is 6.09 Å². The van der Waals surface area contributed by atoms with Gasteiger partial charge in [0.1, 0.15) is 22.2 Å². The standard InChI is InChI=1S/C25H31F2N7O4S2/c1-24(2)12-32(9-14-11-38-23(35)34(14)24)16-8-15(40(36,37)31-25(3)6-7-25)10-33-18(17(13-4-5-13)28-20(16)33)21-29-30-22(39-21)19(26)27/h8,10,13-14,19,22,30-31H,4-7,9,11-12H2,1-3H3. The quantitative estimate of drug-likeness (QED) is 0.501. The fourth-order valence-corrected chi connectivity index (χ4v) is 8.27. The van der Waals surface area contributed by atoms with E-state index < -0.39 is 32.9 Å². The zero-order valence-electron chi connectivity index (χ0n) is 22.4. The number of piperazine rings is 1. The zero-order valence-corrected chi connectivity index (χ0v) is 24.0. The third-order valence-electron chi connectivity index (χ3n) is 8.28. The molecule has 4 fully saturated rings. The number of amides is 1. The molecule has 2 saturated heterocycles. The van der Waals surface area contributed by atoms with Crippen molar-refractivity contribution in [1.82, 2.24) is 24.4 Å². The summed E-state index contributed by atoms with van der Waals surface area (Å²) in [5, 5.41) is 3.40. The van der Waals surface area contributed by atoms with Crippen LogP contribution < -0.4 is 15.0 Å². The molecule has 0 spiro atoms. The molecule has 0 aromatic carbocycles. The van der Waals surface area contributed by atoms with Gasteiger partial charge in [-0.25, -0.2) is 31.7 Å². The van der Waals surface area contributed by atoms with Crippen LogP contribution >= 0.6 is 11.8 Å². The smallest absolute Gasteiger partial charge is 0.410 e. The van der Waals surface area contributed by atoms with Crippen molar-refractivity contribution in [2.24, 2.45) is 5.10 Å². The van der Waals surface area contributed by atoms with Gasteiger partial charge in [-0.15, -0.1) is 0 Å². The van der Waals surface area contributed by atoms with Gasteiger partial charge in [0.15, 0.2) is 11.0 Å². The number of carbonyl (C=O) groups is 1. The molecule has 5 heterocycles. The van der Waals surface area contributed by atoms with Crippen molar-refractivity contribution in [3.63, 3.8) is 0 Å². The van der Waals surface area contributed by atoms with Gasteiger partial charge in [0.2, 0.25) is 10.0 Å². The second-order valence-corrected chi connectivity index (χ2v) is 15.1. The van der Waals surface area contributed by atoms with Crippen molar-refractivity contribution in [2.75, 3.05) is 24.6 Å². The molecule has 2 atom stereocenters. The van der Waals surface area contributed by atoms with Gasteiger partial charge in [-0.1, -0.05) is 11.8 Å². The molecule has 2 unspecified atom stereocenters. The molecule has 2 saturated carbocycles. The summed E-state index contributed by atoms with van der Waals surface area (Å²) in [6.07, 6.45) is 1.88. The number of pyridine rings is 1. The van der Waals surface area contributed by atoms with Crippen LogP contribution in [0.25, 0.3) is 5.65 Å². The Labute approximate surface area is 234 Å². The van der Waals surface area contributed by atoms with Crippen LogP contribution in [0.15, 0.2) is 22.3 Å². The molecule has 7 rings (SSSR count). The highest BCUT2D eigenvalue weighted by molar-refractivity contribution is 8.15. The van der Waals surface area contributed by atoms with E-state index in [0.29, 0.717) is 35.2 Å². The summed E-state index contributed by atoms with van der Waals surface area (Å²) in [5.74, 6) is 0.148. The van der Waals surface area contributed by atoms with Gasteiger partial charge in [0.25, 0.3) is 6.43 Å². The molecule has 5 aliphatic rings. The lowest BCUT2D eigenvalue weighted by Gasteiger charge is -2.47. The summed E-state index contributed by atoms with van der Waals surface area (Å²) < 4.78 is 64.3. The predicted molar refractivity (Wildman–Crippen MR) is 145 cm³/mol. The van der Waals surface area contributed by atoms with Crippen molar-refractivity contribution < 1.29 is 26.7 Å². The average molecular weight is 596 g/mol. The fourth-order valence-electron chi connectivity index (χ4n) is 5.92. The van der Waals surface area contributed by atoms with E-state index in [1.165, 1.54) is 6.20 Å². The number of hydrogen-bond donors (Lipinski definition) is 2. The van der Waals surface area contributed by atoms with Crippen molar-refractivity contribution in [2.45, 2.75) is 86.2 Å². The number of ether oxygens (including phenoxy) is 1. The number of hydrogen-bond acceptors (Lipinski definition) is 9. The monoisotopic (exact) mass is 595 g/mol. The second kappa shape index (κ2) is 8.68. The van der Waals surface area contributed by atoms with E-state index in [2.05, 4.69) is 20.1 Å². The average Bonchev–Trinajstić information content (AvgIpc) is 3.68. The lowest BCUT2D eigenvalue weighted by molar-refractivity contribution is 0.103. The Hall–Kier alpha value is -2.65. The number of halogens is 2. The SMILES string of the molecule is CC1(NS(=O)(=O)c2cc(N3CC4COC(=O)N4C(C)(C)C3)c3nc(C4CC4)c(C4=NNC(C(F)F)S4)n3c2)CC1. The highest BCUT2D eigenvalue weighted by Gasteiger charge is 2.49. The largest absolute Gasteiger partial charge is 0.447 e. The number of sulfonamides is 1. The van der Waals surface area contributed by atoms with Gasteiger partial charge in [-0.2, -0.15) is 5.10 Å². The van der Waals surface area contributed by atoms with Crippen LogP contribution in [0.1, 0.15) is 63.8 Å². The van der Waals surface area contributed by atoms with Crippen LogP contribution in [-0.2, 0) is 14.8 Å². The van der Waals surface area contributed by atoms with E-state index in [4.69, 9.17) is 9.72 Å². The Morgan fingerprint density at radius 3 is 2.65 bits per heavy atom. The Morgan fingerprint density at radius 1 is 1.25 bits per heavy atom. The van der Waals surface area contributed by atoms with Crippen molar-refractivity contribution in [3.8, 4) is 0 Å². The Morgan fingerprint density at radius 2 is 2.00 bits per heavy atom. The minimum absolute atomic E-state index is 0.0603. The van der Waals surface area contributed by atoms with Gasteiger partial charge in [-0.05, 0) is 52.5 Å². The van der Waals surface area contributed by atoms with Crippen LogP contribution in [0.2, 0.25) is 0 Å². The normalized spacial score (nSPS) is 27.1. The number of aromatic nitrogens is 2. The summed E-state index contributed by atoms with van der Waals surface area (Å²) in [4.78, 5) is 21.3. The van der Waals surface area contributed by atoms with E-state index in [9.17, 15) is 22.0 Å². The van der Waals surface area contributed by atoms with Crippen LogP contribution in [0.5, 0.6) is 0 Å². The molecule has 1 amide bonds. The van der Waals surface area contributed by atoms with Crippen LogP contribution in [0.4, 0.5) is 19.3 Å². The van der Waals surface area contributed by atoms with E-state index in [0.717, 1.165) is 43.1 Å². The van der Waals surface area contributed by atoms with Gasteiger partial charge < -0.3 is 9.64 Å². The first-order valence-corrected chi connectivity index (χ1v) is 15.8. The fraction of sp³-hybridized carbons (Fsp3) is 0.640. The Kier molecular flexibility index (Phi) is 5.70. The molecule has 11 nitrogen and oxygen atoms in total. The number of anilines is 1. The molecule has 2 N–H and O–H groups in total. The highest BCUT2D eigenvalue weighted by atomic mass is 32.2. The summed E-state index contributed by atoms with van der Waals surface area (Å²) in [5.41, 5.74) is 3.86. The lowest BCUT2D eigenvalue weighted by Crippen LogP contribution is -2.63. The number of alkyl halides is 2. The maximum atomic E-state index is 13.7. The van der Waals surface area contributed by atoms with Crippen molar-refractivity contribution in [1.29, 1.82) is 0 Å². The number of fused-ring (bicyclic) bond motifs is 2. The number of hydrazone groups is 1. The molecule has 15 heteroatoms. The van der Waals surface area contributed by atoms with Gasteiger partial charge in [0.05, 0.1) is 23.0 Å². The topological polar surface area (TPSA) is 121 Å². The number of cyclic esters (lactones) is 1. The van der Waals surface area contributed by atoms with Crippen molar-refractivity contribution in [3.05, 3.63) is 23.7 Å². The Bertz CT molecular complexity index is 1550. The minimum atomic E-state index is -3.92. The maximum absolute atomic E-state index is 13.7. The molecule has 2 aromatic heterocycles. The number of rotatable bonds is 7. The van der Waals surface area contributed by atoms with E-state index in [1.54, 1.807) is 15.4 Å². The molecule has 40 heavy (non-hydrogen) atoms. The zero-order chi connectivity index (χ0) is 28.2. The summed E-state index contributed by atoms with van der Waals surface area (Å²) in [6.45, 7) is 6.89. The molecular weight excluding hydrogens is 564 g/mol. The third kappa shape index (κ3) is 4.31. The molecular formula is C25H31F2N7O4S2. The number of thioether (sulfide) groups is 1. The molecule has 2 aromatic rings. The number of nitrogens with zero attached hydrogens (tertiary/aromatic N) is 5. The minimum Gasteiger partial charge on any atom is -0.447 e. The molecule has 0 bridgehead atoms. The first kappa shape index (κ1) is 26.3.